The Morgan fingerprint density at radius 2 is 1.97 bits per heavy atom. The molecule has 3 N–H and O–H groups in total. The number of aliphatic hydroxyl groups is 2. The number of aromatic nitrogens is 3. The largest absolute Gasteiger partial charge is 0.393 e. The van der Waals surface area contributed by atoms with Crippen LogP contribution in [0.5, 0.6) is 0 Å². The number of aryl methyl sites for hydroxylation is 1. The number of hydrogen-bond donors (Lipinski definition) is 3. The summed E-state index contributed by atoms with van der Waals surface area (Å²) >= 11 is 0. The van der Waals surface area contributed by atoms with Crippen LogP contribution in [0.1, 0.15) is 61.0 Å². The monoisotopic (exact) mass is 416 g/mol. The Balaban J connectivity index is 1.82. The summed E-state index contributed by atoms with van der Waals surface area (Å²) in [4.78, 5) is 34.6. The second-order valence-corrected chi connectivity index (χ2v) is 8.31. The van der Waals surface area contributed by atoms with Crippen LogP contribution in [0.2, 0.25) is 0 Å². The fourth-order valence-corrected chi connectivity index (χ4v) is 4.53. The Morgan fingerprint density at radius 3 is 2.63 bits per heavy atom. The minimum atomic E-state index is -0.665. The number of anilines is 1. The van der Waals surface area contributed by atoms with E-state index in [0.29, 0.717) is 61.3 Å². The second kappa shape index (κ2) is 8.41. The number of pyridine rings is 1. The minimum absolute atomic E-state index is 0.140. The highest BCUT2D eigenvalue weighted by Gasteiger charge is 2.28. The fourth-order valence-electron chi connectivity index (χ4n) is 4.53. The van der Waals surface area contributed by atoms with Gasteiger partial charge in [0, 0.05) is 24.2 Å². The van der Waals surface area contributed by atoms with Gasteiger partial charge in [-0.3, -0.25) is 14.2 Å². The average Bonchev–Trinajstić information content (AvgIpc) is 2.71. The molecule has 3 heterocycles. The third-order valence-corrected chi connectivity index (χ3v) is 6.23. The Bertz CT molecular complexity index is 1010. The normalized spacial score (nSPS) is 27.2. The first kappa shape index (κ1) is 20.9. The zero-order valence-corrected chi connectivity index (χ0v) is 17.3. The summed E-state index contributed by atoms with van der Waals surface area (Å²) in [6.45, 7) is 3.93. The van der Waals surface area contributed by atoms with Crippen molar-refractivity contribution in [3.05, 3.63) is 27.7 Å². The molecule has 2 aromatic rings. The number of nitrogens with zero attached hydrogens (tertiary/aromatic N) is 3. The highest BCUT2D eigenvalue weighted by atomic mass is 16.5. The number of carbonyl (C=O) groups is 1. The molecule has 1 aliphatic carbocycles. The van der Waals surface area contributed by atoms with Crippen LogP contribution in [0.25, 0.3) is 11.0 Å². The lowest BCUT2D eigenvalue weighted by Gasteiger charge is -2.30. The van der Waals surface area contributed by atoms with Gasteiger partial charge < -0.3 is 20.3 Å². The molecule has 9 heteroatoms. The average molecular weight is 416 g/mol. The predicted octanol–water partition coefficient (Wildman–Crippen LogP) is 1.34. The molecule has 2 aromatic heterocycles. The molecule has 1 saturated heterocycles. The van der Waals surface area contributed by atoms with Gasteiger partial charge in [-0.05, 0) is 51.5 Å². The van der Waals surface area contributed by atoms with Crippen LogP contribution in [0.15, 0.2) is 11.0 Å². The summed E-state index contributed by atoms with van der Waals surface area (Å²) in [7, 11) is 0. The number of hydrogen-bond acceptors (Lipinski definition) is 8. The van der Waals surface area contributed by atoms with E-state index in [1.165, 1.54) is 6.92 Å². The van der Waals surface area contributed by atoms with Gasteiger partial charge in [-0.15, -0.1) is 0 Å². The summed E-state index contributed by atoms with van der Waals surface area (Å²) in [6.07, 6.45) is 3.72. The number of nitrogens with one attached hydrogen (secondary N) is 1. The molecule has 0 spiro atoms. The fraction of sp³-hybridized carbons (Fsp3) is 0.619. The van der Waals surface area contributed by atoms with Crippen LogP contribution in [-0.2, 0) is 4.74 Å². The predicted molar refractivity (Wildman–Crippen MR) is 111 cm³/mol. The Morgan fingerprint density at radius 1 is 1.23 bits per heavy atom. The first-order valence-electron chi connectivity index (χ1n) is 10.5. The van der Waals surface area contributed by atoms with Crippen molar-refractivity contribution in [2.45, 2.75) is 70.2 Å². The number of aliphatic hydroxyl groups excluding tert-OH is 2. The van der Waals surface area contributed by atoms with E-state index in [2.05, 4.69) is 15.3 Å². The van der Waals surface area contributed by atoms with Gasteiger partial charge in [-0.2, -0.15) is 4.98 Å². The molecule has 30 heavy (non-hydrogen) atoms. The van der Waals surface area contributed by atoms with Crippen LogP contribution >= 0.6 is 0 Å². The molecular formula is C21H28N4O5. The highest BCUT2D eigenvalue weighted by Crippen LogP contribution is 2.31. The first-order valence-corrected chi connectivity index (χ1v) is 10.5. The number of ketones is 1. The Kier molecular flexibility index (Phi) is 5.86. The molecule has 0 aromatic carbocycles. The summed E-state index contributed by atoms with van der Waals surface area (Å²) in [5.41, 5.74) is 0.873. The SMILES string of the molecule is CC(=O)c1c(C)c2cnc(N[C@@H]3CCOC[C@H]3O)nc2n(C2CCC(O)CC2)c1=O. The molecule has 0 amide bonds. The number of carbonyl (C=O) groups excluding carboxylic acids is 1. The first-order chi connectivity index (χ1) is 14.4. The van der Waals surface area contributed by atoms with Crippen molar-refractivity contribution in [1.29, 1.82) is 0 Å². The number of rotatable bonds is 4. The molecule has 2 fully saturated rings. The van der Waals surface area contributed by atoms with E-state index in [0.717, 1.165) is 0 Å². The van der Waals surface area contributed by atoms with Gasteiger partial charge >= 0.3 is 0 Å². The third-order valence-electron chi connectivity index (χ3n) is 6.23. The highest BCUT2D eigenvalue weighted by molar-refractivity contribution is 5.99. The van der Waals surface area contributed by atoms with Crippen molar-refractivity contribution >= 4 is 22.8 Å². The Labute approximate surface area is 174 Å². The minimum Gasteiger partial charge on any atom is -0.393 e. The van der Waals surface area contributed by atoms with Gasteiger partial charge in [0.25, 0.3) is 5.56 Å². The molecule has 0 radical (unpaired) electrons. The maximum atomic E-state index is 13.3. The van der Waals surface area contributed by atoms with Crippen molar-refractivity contribution in [3.63, 3.8) is 0 Å². The topological polar surface area (TPSA) is 127 Å². The maximum Gasteiger partial charge on any atom is 0.263 e. The molecule has 4 rings (SSSR count). The summed E-state index contributed by atoms with van der Waals surface area (Å²) in [5, 5.41) is 23.9. The lowest BCUT2D eigenvalue weighted by molar-refractivity contribution is -0.0136. The second-order valence-electron chi connectivity index (χ2n) is 8.31. The standard InChI is InChI=1S/C21H28N4O5/c1-11-15-9-22-21(23-16-7-8-30-10-17(16)28)24-19(15)25(20(29)18(11)12(2)26)13-3-5-14(27)6-4-13/h9,13-14,16-17,27-28H,3-8,10H2,1-2H3,(H,22,23,24)/t13?,14?,16-,17-/m1/s1. The van der Waals surface area contributed by atoms with Crippen LogP contribution in [0, 0.1) is 6.92 Å². The number of Topliss-reactive ketones (excluding diaryl/α,β-unsaturated/α-hetero) is 1. The molecule has 9 nitrogen and oxygen atoms in total. The molecule has 1 aliphatic heterocycles. The van der Waals surface area contributed by atoms with Crippen molar-refractivity contribution in [2.24, 2.45) is 0 Å². The van der Waals surface area contributed by atoms with Crippen molar-refractivity contribution in [1.82, 2.24) is 14.5 Å². The van der Waals surface area contributed by atoms with Crippen LogP contribution in [-0.4, -0.2) is 62.0 Å². The molecule has 2 atom stereocenters. The zero-order valence-electron chi connectivity index (χ0n) is 17.3. The summed E-state index contributed by atoms with van der Waals surface area (Å²) in [6, 6.07) is -0.377. The molecule has 0 bridgehead atoms. The molecule has 1 saturated carbocycles. The maximum absolute atomic E-state index is 13.3. The van der Waals surface area contributed by atoms with Crippen LogP contribution < -0.4 is 10.9 Å². The van der Waals surface area contributed by atoms with Gasteiger partial charge in [-0.25, -0.2) is 4.98 Å². The summed E-state index contributed by atoms with van der Waals surface area (Å²) in [5.74, 6) is 0.0453. The van der Waals surface area contributed by atoms with E-state index in [-0.39, 0.29) is 41.7 Å². The molecule has 162 valence electrons. The van der Waals surface area contributed by atoms with Gasteiger partial charge in [-0.1, -0.05) is 0 Å². The van der Waals surface area contributed by atoms with E-state index < -0.39 is 6.10 Å². The number of ether oxygens (including phenoxy) is 1. The lowest BCUT2D eigenvalue weighted by atomic mass is 9.92. The number of fused-ring (bicyclic) bond motifs is 1. The van der Waals surface area contributed by atoms with E-state index in [9.17, 15) is 19.8 Å². The van der Waals surface area contributed by atoms with Crippen LogP contribution in [0.4, 0.5) is 5.95 Å². The van der Waals surface area contributed by atoms with Crippen molar-refractivity contribution in [3.8, 4) is 0 Å². The van der Waals surface area contributed by atoms with E-state index in [1.807, 2.05) is 0 Å². The summed E-state index contributed by atoms with van der Waals surface area (Å²) < 4.78 is 6.87. The van der Waals surface area contributed by atoms with Crippen molar-refractivity contribution < 1.29 is 19.7 Å². The van der Waals surface area contributed by atoms with E-state index >= 15 is 0 Å². The Hall–Kier alpha value is -2.36. The van der Waals surface area contributed by atoms with Gasteiger partial charge in [0.15, 0.2) is 5.78 Å². The van der Waals surface area contributed by atoms with Crippen molar-refractivity contribution in [2.75, 3.05) is 18.5 Å². The van der Waals surface area contributed by atoms with Crippen LogP contribution in [0.3, 0.4) is 0 Å². The molecule has 2 aliphatic rings. The molecular weight excluding hydrogens is 388 g/mol. The quantitative estimate of drug-likeness (QED) is 0.638. The van der Waals surface area contributed by atoms with Gasteiger partial charge in [0.2, 0.25) is 5.95 Å². The van der Waals surface area contributed by atoms with Gasteiger partial charge in [0.05, 0.1) is 30.4 Å². The molecule has 0 unspecified atom stereocenters. The smallest absolute Gasteiger partial charge is 0.263 e. The van der Waals surface area contributed by atoms with E-state index in [1.54, 1.807) is 17.7 Å². The van der Waals surface area contributed by atoms with E-state index in [4.69, 9.17) is 4.74 Å². The van der Waals surface area contributed by atoms with Gasteiger partial charge in [0.1, 0.15) is 5.65 Å². The lowest BCUT2D eigenvalue weighted by Crippen LogP contribution is -2.42. The zero-order chi connectivity index (χ0) is 21.4. The third kappa shape index (κ3) is 3.84.